The van der Waals surface area contributed by atoms with Gasteiger partial charge in [0.2, 0.25) is 5.91 Å². The van der Waals surface area contributed by atoms with Crippen LogP contribution < -0.4 is 24.8 Å². The summed E-state index contributed by atoms with van der Waals surface area (Å²) >= 11 is 0. The second-order valence-corrected chi connectivity index (χ2v) is 27.5. The molecule has 19 nitrogen and oxygen atoms in total. The number of piperazine rings is 2. The normalized spacial score (nSPS) is 19.4. The third-order valence-electron chi connectivity index (χ3n) is 16.0. The molecular weight excluding hydrogens is 1060 g/mol. The van der Waals surface area contributed by atoms with Crippen molar-refractivity contribution in [2.45, 2.75) is 135 Å². The predicted octanol–water partition coefficient (Wildman–Crippen LogP) is 9.22. The molecule has 0 radical (unpaired) electrons. The highest BCUT2D eigenvalue weighted by Gasteiger charge is 2.41. The lowest BCUT2D eigenvalue weighted by Crippen LogP contribution is -2.56. The van der Waals surface area contributed by atoms with E-state index in [9.17, 15) is 18.2 Å². The summed E-state index contributed by atoms with van der Waals surface area (Å²) in [5.74, 6) is 4.06. The van der Waals surface area contributed by atoms with Gasteiger partial charge in [-0.05, 0) is 137 Å². The molecule has 2 unspecified atom stereocenters. The van der Waals surface area contributed by atoms with Gasteiger partial charge >= 0.3 is 6.09 Å². The largest absolute Gasteiger partial charge is 0.492 e. The number of amides is 2. The molecule has 2 N–H and O–H groups in total. The van der Waals surface area contributed by atoms with Gasteiger partial charge in [0.25, 0.3) is 0 Å². The first-order valence-corrected chi connectivity index (χ1v) is 29.9. The van der Waals surface area contributed by atoms with E-state index in [1.54, 1.807) is 23.4 Å². The van der Waals surface area contributed by atoms with Gasteiger partial charge in [0, 0.05) is 116 Å². The second-order valence-electron chi connectivity index (χ2n) is 25.3. The van der Waals surface area contributed by atoms with Crippen LogP contribution in [0.2, 0.25) is 0 Å². The standard InChI is InChI=1S/C33H46N10O2S.C28H37FN4O3/c1-21-17-43(13-12-41(21)7)30-16-29(35-20-36-30)42-10-8-24(9-11-42)18-45-27-15-26-25(14-28(27)46(44)33(4,5)6)32(37-19-34-26)38-31-22(2)23(3)39-40-31;1-19-16-31(11-12-32(19)26(35)36-27(2,3)4)17-24(34)33-18-28(5,6)25-23(33)14-21(15-30-25)13-20-7-9-22(29)10-8-20/h14-16,19-21,24H,8-13,17-18H2,1-7H3,(H2,34,37,38,39,40);7-10,14-15,19H,11-13,16-18H2,1-6H3/t21-,46?;/m1./s1. The van der Waals surface area contributed by atoms with Crippen LogP contribution in [0.5, 0.6) is 5.75 Å². The maximum atomic E-state index is 13.8. The monoisotopic (exact) mass is 1140 g/mol. The number of aryl methyl sites for hydroxylation is 1. The number of pyridine rings is 1. The summed E-state index contributed by atoms with van der Waals surface area (Å²) in [5, 5.41) is 11.5. The Morgan fingerprint density at radius 3 is 2.18 bits per heavy atom. The number of H-pyrrole nitrogens is 1. The molecule has 440 valence electrons. The Morgan fingerprint density at radius 1 is 0.817 bits per heavy atom. The van der Waals surface area contributed by atoms with Gasteiger partial charge in [0.05, 0.1) is 45.7 Å². The Bertz CT molecular complexity index is 3260. The van der Waals surface area contributed by atoms with Crippen molar-refractivity contribution in [2.75, 3.05) is 99.1 Å². The molecule has 0 aliphatic carbocycles. The van der Waals surface area contributed by atoms with E-state index in [0.29, 0.717) is 73.4 Å². The average molecular weight is 1140 g/mol. The molecule has 4 aliphatic heterocycles. The fourth-order valence-corrected chi connectivity index (χ4v) is 12.1. The summed E-state index contributed by atoms with van der Waals surface area (Å²) in [6.45, 7) is 31.9. The van der Waals surface area contributed by atoms with Crippen molar-refractivity contribution in [2.24, 2.45) is 5.92 Å². The number of ether oxygens (including phenoxy) is 2. The Morgan fingerprint density at radius 2 is 1.52 bits per heavy atom. The lowest BCUT2D eigenvalue weighted by Gasteiger charge is -2.40. The molecule has 8 heterocycles. The average Bonchev–Trinajstić information content (AvgIpc) is 3.06. The minimum Gasteiger partial charge on any atom is -0.492 e. The van der Waals surface area contributed by atoms with Crippen molar-refractivity contribution in [1.29, 1.82) is 0 Å². The number of likely N-dealkylation sites (N-methyl/N-ethyl adjacent to an activating group) is 1. The topological polar surface area (TPSA) is 194 Å². The number of hydrogen-bond acceptors (Lipinski definition) is 16. The number of nitrogens with one attached hydrogen (secondary N) is 2. The first-order chi connectivity index (χ1) is 38.8. The minimum atomic E-state index is -1.33. The molecule has 2 aromatic carbocycles. The van der Waals surface area contributed by atoms with Crippen molar-refractivity contribution in [1.82, 2.24) is 49.8 Å². The molecular formula is C61H83FN14O5S. The summed E-state index contributed by atoms with van der Waals surface area (Å²) in [5.41, 5.74) is 5.68. The van der Waals surface area contributed by atoms with E-state index in [2.05, 4.69) is 88.9 Å². The van der Waals surface area contributed by atoms with Crippen LogP contribution in [-0.2, 0) is 32.2 Å². The Balaban J connectivity index is 0.000000204. The molecule has 3 atom stereocenters. The van der Waals surface area contributed by atoms with Crippen LogP contribution in [0, 0.1) is 25.6 Å². The summed E-state index contributed by atoms with van der Waals surface area (Å²) < 4.78 is 38.7. The lowest BCUT2D eigenvalue weighted by atomic mass is 9.91. The minimum absolute atomic E-state index is 0.0282. The first kappa shape index (κ1) is 59.8. The lowest BCUT2D eigenvalue weighted by molar-refractivity contribution is -0.120. The molecule has 4 aliphatic rings. The number of carbonyl (C=O) groups is 2. The van der Waals surface area contributed by atoms with Gasteiger partial charge in [0.15, 0.2) is 5.82 Å². The van der Waals surface area contributed by atoms with Gasteiger partial charge in [-0.15, -0.1) is 0 Å². The van der Waals surface area contributed by atoms with Crippen LogP contribution in [0.15, 0.2) is 72.3 Å². The number of hydrogen-bond donors (Lipinski definition) is 2. The highest BCUT2D eigenvalue weighted by molar-refractivity contribution is 7.86. The van der Waals surface area contributed by atoms with Crippen molar-refractivity contribution in [3.8, 4) is 5.75 Å². The number of benzene rings is 2. The van der Waals surface area contributed by atoms with Gasteiger partial charge in [-0.3, -0.25) is 24.0 Å². The van der Waals surface area contributed by atoms with Gasteiger partial charge in [-0.1, -0.05) is 26.0 Å². The summed E-state index contributed by atoms with van der Waals surface area (Å²) in [4.78, 5) is 62.5. The molecule has 4 aromatic heterocycles. The van der Waals surface area contributed by atoms with E-state index in [4.69, 9.17) is 14.5 Å². The number of halogens is 1. The fraction of sp³-hybridized carbons (Fsp3) is 0.541. The number of rotatable bonds is 12. The summed E-state index contributed by atoms with van der Waals surface area (Å²) in [6.07, 6.45) is 7.35. The van der Waals surface area contributed by atoms with Gasteiger partial charge in [-0.2, -0.15) is 5.10 Å². The summed E-state index contributed by atoms with van der Waals surface area (Å²) in [7, 11) is 0.851. The van der Waals surface area contributed by atoms with Crippen molar-refractivity contribution in [3.05, 3.63) is 101 Å². The molecule has 0 bridgehead atoms. The molecule has 2 amide bonds. The van der Waals surface area contributed by atoms with Gasteiger partial charge in [0.1, 0.15) is 47.3 Å². The van der Waals surface area contributed by atoms with E-state index in [0.717, 1.165) is 102 Å². The number of piperidine rings is 1. The number of carbonyl (C=O) groups excluding carboxylic acids is 2. The maximum Gasteiger partial charge on any atom is 0.410 e. The first-order valence-electron chi connectivity index (χ1n) is 28.7. The van der Waals surface area contributed by atoms with Gasteiger partial charge < -0.3 is 39.3 Å². The Kier molecular flexibility index (Phi) is 17.9. The Hall–Kier alpha value is -6.84. The molecule has 0 spiro atoms. The van der Waals surface area contributed by atoms with Crippen LogP contribution in [0.4, 0.5) is 38.1 Å². The van der Waals surface area contributed by atoms with Crippen LogP contribution in [0.3, 0.4) is 0 Å². The van der Waals surface area contributed by atoms with E-state index in [-0.39, 0.29) is 35.8 Å². The smallest absolute Gasteiger partial charge is 0.410 e. The van der Waals surface area contributed by atoms with Crippen molar-refractivity contribution in [3.63, 3.8) is 0 Å². The van der Waals surface area contributed by atoms with E-state index >= 15 is 0 Å². The fourth-order valence-electron chi connectivity index (χ4n) is 10.9. The SMILES string of the molecule is CC1CN(CC(=O)N2CC(C)(C)c3ncc(Cc4ccc(F)cc4)cc32)CCN1C(=O)OC(C)(C)C.Cc1[nH]nc(Nc2ncnc3cc(OCC4CCN(c5cc(N6CCN(C)[C@H](C)C6)ncn5)CC4)c(S(=O)C(C)(C)C)cc23)c1C. The molecule has 82 heavy (non-hydrogen) atoms. The van der Waals surface area contributed by atoms with Gasteiger partial charge in [-0.25, -0.2) is 29.1 Å². The Labute approximate surface area is 485 Å². The van der Waals surface area contributed by atoms with Crippen molar-refractivity contribution >= 4 is 62.7 Å². The number of aromatic amines is 1. The zero-order chi connectivity index (χ0) is 58.8. The molecule has 3 saturated heterocycles. The van der Waals surface area contributed by atoms with Crippen LogP contribution >= 0.6 is 0 Å². The number of fused-ring (bicyclic) bond motifs is 2. The van der Waals surface area contributed by atoms with E-state index in [1.807, 2.05) is 91.6 Å². The molecule has 6 aromatic rings. The van der Waals surface area contributed by atoms with Crippen LogP contribution in [0.1, 0.15) is 110 Å². The predicted molar refractivity (Wildman–Crippen MR) is 321 cm³/mol. The second kappa shape index (κ2) is 24.5. The molecule has 10 rings (SSSR count). The number of nitrogens with zero attached hydrogens (tertiary/aromatic N) is 12. The quantitative estimate of drug-likeness (QED) is 0.118. The third-order valence-corrected chi connectivity index (χ3v) is 17.8. The number of aromatic nitrogens is 7. The van der Waals surface area contributed by atoms with Crippen LogP contribution in [0.25, 0.3) is 10.9 Å². The van der Waals surface area contributed by atoms with Crippen LogP contribution in [-0.4, -0.2) is 168 Å². The third kappa shape index (κ3) is 14.1. The maximum absolute atomic E-state index is 13.8. The van der Waals surface area contributed by atoms with E-state index < -0.39 is 21.1 Å². The van der Waals surface area contributed by atoms with E-state index in [1.165, 1.54) is 18.5 Å². The molecule has 0 saturated carbocycles. The molecule has 3 fully saturated rings. The zero-order valence-corrected chi connectivity index (χ0v) is 51.0. The highest BCUT2D eigenvalue weighted by atomic mass is 32.2. The zero-order valence-electron chi connectivity index (χ0n) is 50.2. The number of anilines is 5. The summed E-state index contributed by atoms with van der Waals surface area (Å²) in [6, 6.07) is 14.9. The molecule has 21 heteroatoms. The van der Waals surface area contributed by atoms with Crippen molar-refractivity contribution < 1.29 is 27.7 Å². The highest BCUT2D eigenvalue weighted by Crippen LogP contribution is 2.41.